The highest BCUT2D eigenvalue weighted by Crippen LogP contribution is 2.41. The SMILES string of the molecule is CCc1c(Cc2cccc3ccccc23)c(-c2cccc(C(F)(F)F)c2)c2n(c1=O)C(C(=O)OC)CN(CCCO)S2(=O)=O. The topological polar surface area (TPSA) is 106 Å². The lowest BCUT2D eigenvalue weighted by Crippen LogP contribution is -2.51. The number of hydrogen-bond acceptors (Lipinski definition) is 6. The van der Waals surface area contributed by atoms with Crippen LogP contribution < -0.4 is 5.56 Å². The maximum absolute atomic E-state index is 14.3. The minimum Gasteiger partial charge on any atom is -0.467 e. The standard InChI is InChI=1S/C32H31F3N2O6S/c1-3-24-26(18-21-11-6-10-20-9-4-5-14-25(20)21)28(22-12-7-13-23(17-22)32(33,34)35)30-37(29(24)39)27(31(40)43-2)19-36(15-8-16-38)44(30,41)42/h4-7,9-14,17,27,38H,3,8,15-16,18-19H2,1-2H3. The van der Waals surface area contributed by atoms with Crippen LogP contribution in [0.25, 0.3) is 21.9 Å². The van der Waals surface area contributed by atoms with E-state index in [0.29, 0.717) is 0 Å². The number of aromatic nitrogens is 1. The molecule has 0 aliphatic carbocycles. The molecular weight excluding hydrogens is 597 g/mol. The summed E-state index contributed by atoms with van der Waals surface area (Å²) in [6, 6.07) is 15.9. The normalized spacial score (nSPS) is 16.5. The lowest BCUT2D eigenvalue weighted by Gasteiger charge is -2.36. The molecule has 0 saturated carbocycles. The highest BCUT2D eigenvalue weighted by Gasteiger charge is 2.44. The Morgan fingerprint density at radius 3 is 2.43 bits per heavy atom. The molecule has 232 valence electrons. The summed E-state index contributed by atoms with van der Waals surface area (Å²) < 4.78 is 77.3. The number of ether oxygens (including phenoxy) is 1. The first kappa shape index (κ1) is 31.4. The third-order valence-electron chi connectivity index (χ3n) is 7.97. The summed E-state index contributed by atoms with van der Waals surface area (Å²) in [7, 11) is -3.46. The molecule has 4 aromatic rings. The molecule has 1 N–H and O–H groups in total. The molecule has 1 aliphatic rings. The van der Waals surface area contributed by atoms with Crippen LogP contribution in [0.3, 0.4) is 0 Å². The molecule has 1 aromatic heterocycles. The van der Waals surface area contributed by atoms with E-state index in [-0.39, 0.29) is 54.7 Å². The van der Waals surface area contributed by atoms with Gasteiger partial charge in [0.15, 0.2) is 5.03 Å². The molecule has 0 amide bonds. The Labute approximate surface area is 252 Å². The van der Waals surface area contributed by atoms with E-state index >= 15 is 0 Å². The fourth-order valence-corrected chi connectivity index (χ4v) is 7.83. The van der Waals surface area contributed by atoms with Gasteiger partial charge in [-0.15, -0.1) is 0 Å². The molecule has 5 rings (SSSR count). The predicted molar refractivity (Wildman–Crippen MR) is 159 cm³/mol. The van der Waals surface area contributed by atoms with Crippen LogP contribution in [0.15, 0.2) is 76.6 Å². The van der Waals surface area contributed by atoms with Crippen LogP contribution in [-0.4, -0.2) is 55.2 Å². The first-order chi connectivity index (χ1) is 20.9. The van der Waals surface area contributed by atoms with E-state index in [2.05, 4.69) is 0 Å². The second-order valence-corrected chi connectivity index (χ2v) is 12.4. The molecular formula is C32H31F3N2O6S. The first-order valence-corrected chi connectivity index (χ1v) is 15.5. The summed E-state index contributed by atoms with van der Waals surface area (Å²) in [6.45, 7) is 0.736. The number of carbonyl (C=O) groups is 1. The number of alkyl halides is 3. The van der Waals surface area contributed by atoms with E-state index in [9.17, 15) is 36.3 Å². The van der Waals surface area contributed by atoms with Gasteiger partial charge in [0.2, 0.25) is 0 Å². The van der Waals surface area contributed by atoms with Gasteiger partial charge >= 0.3 is 12.1 Å². The number of sulfonamides is 1. The van der Waals surface area contributed by atoms with Gasteiger partial charge in [0.25, 0.3) is 15.6 Å². The Morgan fingerprint density at radius 1 is 1.05 bits per heavy atom. The van der Waals surface area contributed by atoms with Crippen molar-refractivity contribution in [3.05, 3.63) is 99.3 Å². The number of carbonyl (C=O) groups excluding carboxylic acids is 1. The highest BCUT2D eigenvalue weighted by molar-refractivity contribution is 7.89. The predicted octanol–water partition coefficient (Wildman–Crippen LogP) is 4.94. The average Bonchev–Trinajstić information content (AvgIpc) is 3.00. The molecule has 0 spiro atoms. The zero-order valence-corrected chi connectivity index (χ0v) is 24.9. The highest BCUT2D eigenvalue weighted by atomic mass is 32.2. The largest absolute Gasteiger partial charge is 0.467 e. The average molecular weight is 629 g/mol. The third kappa shape index (κ3) is 5.53. The quantitative estimate of drug-likeness (QED) is 0.277. The minimum absolute atomic E-state index is 0.0339. The summed E-state index contributed by atoms with van der Waals surface area (Å²) in [6.07, 6.45) is -4.54. The first-order valence-electron chi connectivity index (χ1n) is 14.1. The van der Waals surface area contributed by atoms with Gasteiger partial charge in [0, 0.05) is 30.8 Å². The van der Waals surface area contributed by atoms with Crippen LogP contribution >= 0.6 is 0 Å². The van der Waals surface area contributed by atoms with Gasteiger partial charge in [-0.3, -0.25) is 9.36 Å². The van der Waals surface area contributed by atoms with Crippen molar-refractivity contribution >= 4 is 26.8 Å². The lowest BCUT2D eigenvalue weighted by atomic mass is 9.89. The zero-order valence-electron chi connectivity index (χ0n) is 24.1. The van der Waals surface area contributed by atoms with E-state index in [1.165, 1.54) is 12.1 Å². The fourth-order valence-electron chi connectivity index (χ4n) is 5.92. The molecule has 44 heavy (non-hydrogen) atoms. The van der Waals surface area contributed by atoms with Gasteiger partial charge in [-0.2, -0.15) is 17.5 Å². The number of fused-ring (bicyclic) bond motifs is 2. The van der Waals surface area contributed by atoms with Crippen LogP contribution in [-0.2, 0) is 38.6 Å². The Hall–Kier alpha value is -4.00. The smallest absolute Gasteiger partial charge is 0.416 e. The Kier molecular flexibility index (Phi) is 8.70. The lowest BCUT2D eigenvalue weighted by molar-refractivity contribution is -0.145. The molecule has 2 heterocycles. The molecule has 0 saturated heterocycles. The second-order valence-electron chi connectivity index (χ2n) is 10.5. The Morgan fingerprint density at radius 2 is 1.75 bits per heavy atom. The Bertz CT molecular complexity index is 1900. The summed E-state index contributed by atoms with van der Waals surface area (Å²) in [5, 5.41) is 10.6. The van der Waals surface area contributed by atoms with Crippen molar-refractivity contribution in [3.8, 4) is 11.1 Å². The molecule has 8 nitrogen and oxygen atoms in total. The number of pyridine rings is 1. The summed E-state index contributed by atoms with van der Waals surface area (Å²) in [5.74, 6) is -0.879. The van der Waals surface area contributed by atoms with E-state index in [1.54, 1.807) is 6.92 Å². The maximum atomic E-state index is 14.3. The molecule has 3 aromatic carbocycles. The number of aliphatic hydroxyl groups is 1. The van der Waals surface area contributed by atoms with Gasteiger partial charge in [0.05, 0.1) is 12.7 Å². The molecule has 1 atom stereocenters. The molecule has 0 bridgehead atoms. The summed E-state index contributed by atoms with van der Waals surface area (Å²) in [5.41, 5.74) is -0.686. The van der Waals surface area contributed by atoms with Crippen LogP contribution in [0.4, 0.5) is 13.2 Å². The third-order valence-corrected chi connectivity index (χ3v) is 9.87. The molecule has 1 aliphatic heterocycles. The van der Waals surface area contributed by atoms with Crippen molar-refractivity contribution in [3.63, 3.8) is 0 Å². The molecule has 0 fully saturated rings. The van der Waals surface area contributed by atoms with E-state index in [1.807, 2.05) is 42.5 Å². The summed E-state index contributed by atoms with van der Waals surface area (Å²) >= 11 is 0. The van der Waals surface area contributed by atoms with Crippen LogP contribution in [0, 0.1) is 0 Å². The number of halogens is 3. The van der Waals surface area contributed by atoms with E-state index in [4.69, 9.17) is 4.74 Å². The fraction of sp³-hybridized carbons (Fsp3) is 0.312. The van der Waals surface area contributed by atoms with Crippen LogP contribution in [0.1, 0.15) is 41.6 Å². The number of methoxy groups -OCH3 is 1. The second kappa shape index (κ2) is 12.2. The number of nitrogens with zero attached hydrogens (tertiary/aromatic N) is 2. The molecule has 0 radical (unpaired) electrons. The molecule has 12 heteroatoms. The zero-order chi connectivity index (χ0) is 31.8. The van der Waals surface area contributed by atoms with Crippen LogP contribution in [0.2, 0.25) is 0 Å². The van der Waals surface area contributed by atoms with E-state index < -0.39 is 50.9 Å². The van der Waals surface area contributed by atoms with Crippen molar-refractivity contribution < 1.29 is 36.2 Å². The van der Waals surface area contributed by atoms with Gasteiger partial charge in [0.1, 0.15) is 6.04 Å². The Balaban J connectivity index is 1.94. The molecule has 1 unspecified atom stereocenters. The number of aliphatic hydroxyl groups excluding tert-OH is 1. The summed E-state index contributed by atoms with van der Waals surface area (Å²) in [4.78, 5) is 27.3. The van der Waals surface area contributed by atoms with Crippen molar-refractivity contribution in [2.75, 3.05) is 26.8 Å². The minimum atomic E-state index is -4.73. The van der Waals surface area contributed by atoms with Crippen LogP contribution in [0.5, 0.6) is 0 Å². The van der Waals surface area contributed by atoms with Gasteiger partial charge in [-0.1, -0.05) is 61.5 Å². The number of rotatable bonds is 8. The van der Waals surface area contributed by atoms with Crippen molar-refractivity contribution in [2.24, 2.45) is 0 Å². The number of hydrogen-bond donors (Lipinski definition) is 1. The van der Waals surface area contributed by atoms with Crippen molar-refractivity contribution in [2.45, 2.75) is 43.4 Å². The number of esters is 1. The van der Waals surface area contributed by atoms with Gasteiger partial charge in [-0.25, -0.2) is 13.2 Å². The van der Waals surface area contributed by atoms with E-state index in [0.717, 1.165) is 44.5 Å². The van der Waals surface area contributed by atoms with Gasteiger partial charge < -0.3 is 9.84 Å². The maximum Gasteiger partial charge on any atom is 0.416 e. The van der Waals surface area contributed by atoms with Crippen molar-refractivity contribution in [1.29, 1.82) is 0 Å². The van der Waals surface area contributed by atoms with Gasteiger partial charge in [-0.05, 0) is 58.9 Å². The number of benzene rings is 3. The van der Waals surface area contributed by atoms with Crippen molar-refractivity contribution in [1.82, 2.24) is 8.87 Å². The monoisotopic (exact) mass is 628 g/mol.